The van der Waals surface area contributed by atoms with Crippen molar-refractivity contribution in [2.45, 2.75) is 18.9 Å². The van der Waals surface area contributed by atoms with E-state index in [0.717, 1.165) is 25.1 Å². The van der Waals surface area contributed by atoms with Crippen LogP contribution in [0.1, 0.15) is 12.8 Å². The summed E-state index contributed by atoms with van der Waals surface area (Å²) >= 11 is 0. The molecule has 0 aliphatic carbocycles. The number of hydrogen-bond acceptors (Lipinski definition) is 3. The molecule has 5 nitrogen and oxygen atoms in total. The molecule has 1 fully saturated rings. The van der Waals surface area contributed by atoms with E-state index in [4.69, 9.17) is 0 Å². The van der Waals surface area contributed by atoms with E-state index in [1.807, 2.05) is 7.05 Å². The highest BCUT2D eigenvalue weighted by Gasteiger charge is 2.19. The smallest absolute Gasteiger partial charge is 0.190 e. The summed E-state index contributed by atoms with van der Waals surface area (Å²) in [6, 6.07) is 0.768. The molecular formula is C12H27N5. The Morgan fingerprint density at radius 3 is 2.47 bits per heavy atom. The van der Waals surface area contributed by atoms with Gasteiger partial charge < -0.3 is 20.4 Å². The number of hydrogen-bond donors (Lipinski definition) is 2. The number of aliphatic imine (C=N–C) groups is 1. The van der Waals surface area contributed by atoms with E-state index in [9.17, 15) is 0 Å². The summed E-state index contributed by atoms with van der Waals surface area (Å²) in [6.45, 7) is 4.48. The van der Waals surface area contributed by atoms with Crippen LogP contribution < -0.4 is 10.6 Å². The fourth-order valence-electron chi connectivity index (χ4n) is 2.27. The molecule has 1 heterocycles. The first-order chi connectivity index (χ1) is 8.17. The van der Waals surface area contributed by atoms with E-state index in [2.05, 4.69) is 39.5 Å². The Bertz CT molecular complexity index is 231. The average Bonchev–Trinajstić information content (AvgIpc) is 2.35. The van der Waals surface area contributed by atoms with Crippen molar-refractivity contribution in [2.75, 3.05) is 54.4 Å². The van der Waals surface area contributed by atoms with Crippen molar-refractivity contribution < 1.29 is 0 Å². The van der Waals surface area contributed by atoms with Gasteiger partial charge >= 0.3 is 0 Å². The van der Waals surface area contributed by atoms with Gasteiger partial charge in [0.15, 0.2) is 5.96 Å². The molecule has 1 rings (SSSR count). The predicted molar refractivity (Wildman–Crippen MR) is 73.6 cm³/mol. The highest BCUT2D eigenvalue weighted by Crippen LogP contribution is 2.13. The summed E-state index contributed by atoms with van der Waals surface area (Å²) in [4.78, 5) is 8.96. The normalized spacial score (nSPS) is 19.7. The van der Waals surface area contributed by atoms with Gasteiger partial charge in [0.1, 0.15) is 0 Å². The second kappa shape index (κ2) is 7.50. The fourth-order valence-corrected chi connectivity index (χ4v) is 2.27. The van der Waals surface area contributed by atoms with E-state index in [1.54, 1.807) is 7.05 Å². The molecule has 1 aliphatic heterocycles. The quantitative estimate of drug-likeness (QED) is 0.529. The van der Waals surface area contributed by atoms with Crippen molar-refractivity contribution in [3.63, 3.8) is 0 Å². The first-order valence-electron chi connectivity index (χ1n) is 6.44. The Kier molecular flexibility index (Phi) is 6.29. The van der Waals surface area contributed by atoms with E-state index < -0.39 is 0 Å². The van der Waals surface area contributed by atoms with Gasteiger partial charge in [-0.05, 0) is 40.0 Å². The van der Waals surface area contributed by atoms with Crippen LogP contribution in [0.15, 0.2) is 4.99 Å². The van der Waals surface area contributed by atoms with Gasteiger partial charge in [-0.2, -0.15) is 0 Å². The zero-order valence-electron chi connectivity index (χ0n) is 11.7. The van der Waals surface area contributed by atoms with Crippen LogP contribution in [-0.4, -0.2) is 76.2 Å². The van der Waals surface area contributed by atoms with Crippen LogP contribution in [0.4, 0.5) is 0 Å². The molecule has 0 aromatic rings. The van der Waals surface area contributed by atoms with E-state index in [-0.39, 0.29) is 0 Å². The van der Waals surface area contributed by atoms with Gasteiger partial charge in [0.25, 0.3) is 0 Å². The standard InChI is InChI=1S/C12H27N5/c1-13-12(14-2)15-7-10-17-8-5-11(6-9-17)16(3)4/h11H,5-10H2,1-4H3,(H2,13,14,15). The van der Waals surface area contributed by atoms with Crippen molar-refractivity contribution in [2.24, 2.45) is 4.99 Å². The van der Waals surface area contributed by atoms with Crippen LogP contribution in [-0.2, 0) is 0 Å². The lowest BCUT2D eigenvalue weighted by Gasteiger charge is -2.35. The molecule has 0 aromatic carbocycles. The summed E-state index contributed by atoms with van der Waals surface area (Å²) in [5.41, 5.74) is 0. The summed E-state index contributed by atoms with van der Waals surface area (Å²) in [5.74, 6) is 0.869. The van der Waals surface area contributed by atoms with Crippen molar-refractivity contribution in [3.8, 4) is 0 Å². The van der Waals surface area contributed by atoms with Crippen molar-refractivity contribution in [3.05, 3.63) is 0 Å². The molecule has 1 aliphatic rings. The molecule has 0 radical (unpaired) electrons. The van der Waals surface area contributed by atoms with Crippen LogP contribution in [0.25, 0.3) is 0 Å². The molecule has 100 valence electrons. The minimum Gasteiger partial charge on any atom is -0.359 e. The Morgan fingerprint density at radius 1 is 1.35 bits per heavy atom. The predicted octanol–water partition coefficient (Wildman–Crippen LogP) is -0.193. The molecule has 0 amide bonds. The van der Waals surface area contributed by atoms with Gasteiger partial charge in [-0.3, -0.25) is 4.99 Å². The molecule has 0 aromatic heterocycles. The van der Waals surface area contributed by atoms with Crippen LogP contribution in [0.3, 0.4) is 0 Å². The molecule has 0 unspecified atom stereocenters. The zero-order valence-corrected chi connectivity index (χ0v) is 11.7. The molecule has 0 atom stereocenters. The van der Waals surface area contributed by atoms with Gasteiger partial charge in [-0.15, -0.1) is 0 Å². The van der Waals surface area contributed by atoms with Crippen LogP contribution in [0, 0.1) is 0 Å². The highest BCUT2D eigenvalue weighted by atomic mass is 15.2. The zero-order chi connectivity index (χ0) is 12.7. The minimum absolute atomic E-state index is 0.768. The monoisotopic (exact) mass is 241 g/mol. The van der Waals surface area contributed by atoms with Gasteiger partial charge in [0.05, 0.1) is 0 Å². The number of likely N-dealkylation sites (tertiary alicyclic amines) is 1. The lowest BCUT2D eigenvalue weighted by molar-refractivity contribution is 0.146. The maximum absolute atomic E-state index is 4.09. The molecule has 2 N–H and O–H groups in total. The van der Waals surface area contributed by atoms with Gasteiger partial charge in [0.2, 0.25) is 0 Å². The summed E-state index contributed by atoms with van der Waals surface area (Å²) in [6.07, 6.45) is 2.57. The Hall–Kier alpha value is -0.810. The van der Waals surface area contributed by atoms with Crippen LogP contribution >= 0.6 is 0 Å². The number of nitrogens with zero attached hydrogens (tertiary/aromatic N) is 3. The third-order valence-corrected chi connectivity index (χ3v) is 3.47. The molecule has 5 heteroatoms. The van der Waals surface area contributed by atoms with Gasteiger partial charge in [-0.1, -0.05) is 0 Å². The third kappa shape index (κ3) is 4.91. The number of rotatable bonds is 4. The number of nitrogens with one attached hydrogen (secondary N) is 2. The fraction of sp³-hybridized carbons (Fsp3) is 0.917. The lowest BCUT2D eigenvalue weighted by Crippen LogP contribution is -2.45. The van der Waals surface area contributed by atoms with Gasteiger partial charge in [-0.25, -0.2) is 0 Å². The van der Waals surface area contributed by atoms with E-state index >= 15 is 0 Å². The second-order valence-corrected chi connectivity index (χ2v) is 4.79. The molecule has 17 heavy (non-hydrogen) atoms. The summed E-state index contributed by atoms with van der Waals surface area (Å²) in [7, 11) is 8.04. The first kappa shape index (κ1) is 14.3. The SMILES string of the molecule is CN=C(NC)NCCN1CCC(N(C)C)CC1. The summed E-state index contributed by atoms with van der Waals surface area (Å²) in [5, 5.41) is 6.31. The minimum atomic E-state index is 0.768. The van der Waals surface area contributed by atoms with E-state index in [1.165, 1.54) is 25.9 Å². The van der Waals surface area contributed by atoms with Crippen LogP contribution in [0.2, 0.25) is 0 Å². The molecule has 1 saturated heterocycles. The maximum Gasteiger partial charge on any atom is 0.190 e. The third-order valence-electron chi connectivity index (χ3n) is 3.47. The summed E-state index contributed by atoms with van der Waals surface area (Å²) < 4.78 is 0. The molecule has 0 spiro atoms. The number of guanidine groups is 1. The Balaban J connectivity index is 2.14. The topological polar surface area (TPSA) is 42.9 Å². The molecular weight excluding hydrogens is 214 g/mol. The molecule has 0 bridgehead atoms. The maximum atomic E-state index is 4.09. The largest absolute Gasteiger partial charge is 0.359 e. The average molecular weight is 241 g/mol. The van der Waals surface area contributed by atoms with Crippen LogP contribution in [0.5, 0.6) is 0 Å². The molecule has 0 saturated carbocycles. The number of piperidine rings is 1. The lowest BCUT2D eigenvalue weighted by atomic mass is 10.0. The Labute approximate surface area is 105 Å². The van der Waals surface area contributed by atoms with Crippen molar-refractivity contribution in [1.82, 2.24) is 20.4 Å². The highest BCUT2D eigenvalue weighted by molar-refractivity contribution is 5.79. The first-order valence-corrected chi connectivity index (χ1v) is 6.44. The van der Waals surface area contributed by atoms with E-state index in [0.29, 0.717) is 0 Å². The van der Waals surface area contributed by atoms with Crippen molar-refractivity contribution >= 4 is 5.96 Å². The second-order valence-electron chi connectivity index (χ2n) is 4.79. The van der Waals surface area contributed by atoms with Gasteiger partial charge in [0, 0.05) is 33.2 Å². The van der Waals surface area contributed by atoms with Crippen molar-refractivity contribution in [1.29, 1.82) is 0 Å². The Morgan fingerprint density at radius 2 is 2.00 bits per heavy atom.